The third-order valence-electron chi connectivity index (χ3n) is 3.39. The van der Waals surface area contributed by atoms with Crippen molar-refractivity contribution in [2.75, 3.05) is 36.6 Å². The summed E-state index contributed by atoms with van der Waals surface area (Å²) in [5.74, 6) is 0.0325. The molecule has 27 heavy (non-hydrogen) atoms. The fourth-order valence-electron chi connectivity index (χ4n) is 2.02. The van der Waals surface area contributed by atoms with Crippen molar-refractivity contribution in [3.8, 4) is 0 Å². The second-order valence-electron chi connectivity index (χ2n) is 5.39. The van der Waals surface area contributed by atoms with Gasteiger partial charge in [0.25, 0.3) is 0 Å². The minimum atomic E-state index is -2.12. The van der Waals surface area contributed by atoms with E-state index < -0.39 is 12.2 Å². The second-order valence-corrected chi connectivity index (χ2v) is 5.39. The highest BCUT2D eigenvalue weighted by molar-refractivity contribution is 5.77. The van der Waals surface area contributed by atoms with Gasteiger partial charge >= 0.3 is 0 Å². The molecule has 0 radical (unpaired) electrons. The van der Waals surface area contributed by atoms with Crippen LogP contribution in [0.1, 0.15) is 19.0 Å². The average molecular weight is 382 g/mol. The Morgan fingerprint density at radius 1 is 1.30 bits per heavy atom. The van der Waals surface area contributed by atoms with Gasteiger partial charge in [-0.3, -0.25) is 4.98 Å². The van der Waals surface area contributed by atoms with E-state index in [1.807, 2.05) is 23.1 Å². The van der Waals surface area contributed by atoms with E-state index in [9.17, 15) is 13.2 Å². The number of hydrogen-bond acceptors (Lipinski definition) is 7. The van der Waals surface area contributed by atoms with Crippen LogP contribution in [0.15, 0.2) is 35.7 Å². The molecule has 3 heterocycles. The van der Waals surface area contributed by atoms with Crippen molar-refractivity contribution >= 4 is 18.0 Å². The van der Waals surface area contributed by atoms with Gasteiger partial charge in [-0.2, -0.15) is 10.1 Å². The Morgan fingerprint density at radius 3 is 2.67 bits per heavy atom. The molecule has 0 spiro atoms. The Labute approximate surface area is 155 Å². The highest BCUT2D eigenvalue weighted by atomic mass is 19.3. The van der Waals surface area contributed by atoms with Gasteiger partial charge in [0.2, 0.25) is 12.4 Å². The molecular formula is C17H21F3N6O. The molecule has 1 saturated heterocycles. The summed E-state index contributed by atoms with van der Waals surface area (Å²) in [6.45, 7) is 3.77. The zero-order valence-electron chi connectivity index (χ0n) is 14.9. The molecule has 0 saturated carbocycles. The molecule has 0 atom stereocenters. The van der Waals surface area contributed by atoms with Crippen LogP contribution in [-0.2, 0) is 4.74 Å². The van der Waals surface area contributed by atoms with Crippen LogP contribution in [-0.4, -0.2) is 53.9 Å². The highest BCUT2D eigenvalue weighted by Crippen LogP contribution is 2.18. The molecule has 0 unspecified atom stereocenters. The molecule has 1 N–H and O–H groups in total. The van der Waals surface area contributed by atoms with Gasteiger partial charge in [0.1, 0.15) is 0 Å². The van der Waals surface area contributed by atoms with Gasteiger partial charge in [-0.1, -0.05) is 13.0 Å². The molecule has 2 aromatic heterocycles. The van der Waals surface area contributed by atoms with Crippen molar-refractivity contribution < 1.29 is 17.9 Å². The molecule has 0 aliphatic carbocycles. The maximum absolute atomic E-state index is 13.9. The van der Waals surface area contributed by atoms with Crippen LogP contribution in [0.4, 0.5) is 24.9 Å². The second kappa shape index (κ2) is 11.1. The Kier molecular flexibility index (Phi) is 8.43. The molecule has 2 aromatic rings. The van der Waals surface area contributed by atoms with Crippen LogP contribution >= 0.6 is 0 Å². The first-order valence-electron chi connectivity index (χ1n) is 8.43. The number of hydrazone groups is 1. The number of morpholine rings is 1. The van der Waals surface area contributed by atoms with Gasteiger partial charge in [-0.25, -0.2) is 23.6 Å². The summed E-state index contributed by atoms with van der Waals surface area (Å²) in [6, 6.07) is 5.50. The van der Waals surface area contributed by atoms with E-state index in [4.69, 9.17) is 4.74 Å². The van der Waals surface area contributed by atoms with Crippen LogP contribution < -0.4 is 10.3 Å². The Hall–Kier alpha value is -2.75. The molecule has 0 bridgehead atoms. The number of rotatable bonds is 5. The monoisotopic (exact) mass is 382 g/mol. The number of aromatic nitrogens is 3. The third-order valence-corrected chi connectivity index (χ3v) is 3.39. The van der Waals surface area contributed by atoms with Crippen molar-refractivity contribution in [1.82, 2.24) is 15.0 Å². The van der Waals surface area contributed by atoms with Crippen molar-refractivity contribution in [1.29, 1.82) is 0 Å². The normalized spacial score (nSPS) is 14.2. The number of ether oxygens (including phenoxy) is 1. The molecule has 1 aliphatic heterocycles. The SMILES string of the molecule is CCC(F)F.Fc1cnc(N/N=C\c2ccccn2)nc1N1CCOCC1. The lowest BCUT2D eigenvalue weighted by atomic mass is 10.4. The fraction of sp³-hybridized carbons (Fsp3) is 0.412. The summed E-state index contributed by atoms with van der Waals surface area (Å²) in [4.78, 5) is 14.0. The lowest BCUT2D eigenvalue weighted by Gasteiger charge is -2.27. The third kappa shape index (κ3) is 7.18. The molecule has 1 aliphatic rings. The van der Waals surface area contributed by atoms with E-state index in [0.29, 0.717) is 32.0 Å². The van der Waals surface area contributed by atoms with E-state index in [0.717, 1.165) is 6.20 Å². The fourth-order valence-corrected chi connectivity index (χ4v) is 2.02. The lowest BCUT2D eigenvalue weighted by Crippen LogP contribution is -2.37. The number of anilines is 2. The molecular weight excluding hydrogens is 361 g/mol. The van der Waals surface area contributed by atoms with Crippen LogP contribution in [0, 0.1) is 5.82 Å². The predicted octanol–water partition coefficient (Wildman–Crippen LogP) is 2.95. The van der Waals surface area contributed by atoms with Crippen molar-refractivity contribution in [2.24, 2.45) is 5.10 Å². The van der Waals surface area contributed by atoms with Gasteiger partial charge in [-0.05, 0) is 12.1 Å². The molecule has 3 rings (SSSR count). The molecule has 0 amide bonds. The molecule has 146 valence electrons. The van der Waals surface area contributed by atoms with E-state index in [-0.39, 0.29) is 18.2 Å². The van der Waals surface area contributed by atoms with Gasteiger partial charge in [-0.15, -0.1) is 0 Å². The van der Waals surface area contributed by atoms with E-state index in [2.05, 4.69) is 25.5 Å². The highest BCUT2D eigenvalue weighted by Gasteiger charge is 2.17. The van der Waals surface area contributed by atoms with E-state index >= 15 is 0 Å². The Balaban J connectivity index is 0.000000465. The minimum absolute atomic E-state index is 0.0278. The van der Waals surface area contributed by atoms with Gasteiger partial charge in [0.15, 0.2) is 11.6 Å². The Morgan fingerprint density at radius 2 is 2.04 bits per heavy atom. The van der Waals surface area contributed by atoms with Crippen molar-refractivity contribution in [3.63, 3.8) is 0 Å². The summed E-state index contributed by atoms with van der Waals surface area (Å²) in [6.07, 6.45) is 2.21. The van der Waals surface area contributed by atoms with Crippen molar-refractivity contribution in [3.05, 3.63) is 42.1 Å². The number of pyridine rings is 1. The molecule has 0 aromatic carbocycles. The van der Waals surface area contributed by atoms with E-state index in [1.165, 1.54) is 6.92 Å². The maximum Gasteiger partial charge on any atom is 0.245 e. The molecule has 10 heteroatoms. The van der Waals surface area contributed by atoms with Gasteiger partial charge in [0, 0.05) is 25.7 Å². The van der Waals surface area contributed by atoms with Crippen molar-refractivity contribution in [2.45, 2.75) is 19.8 Å². The van der Waals surface area contributed by atoms with E-state index in [1.54, 1.807) is 12.4 Å². The predicted molar refractivity (Wildman–Crippen MR) is 96.8 cm³/mol. The minimum Gasteiger partial charge on any atom is -0.378 e. The quantitative estimate of drug-likeness (QED) is 0.633. The first-order chi connectivity index (χ1) is 13.1. The number of nitrogens with one attached hydrogen (secondary N) is 1. The summed E-state index contributed by atoms with van der Waals surface area (Å²) in [5.41, 5.74) is 3.38. The maximum atomic E-state index is 13.9. The largest absolute Gasteiger partial charge is 0.378 e. The van der Waals surface area contributed by atoms with Crippen LogP contribution in [0.2, 0.25) is 0 Å². The first kappa shape index (κ1) is 20.6. The van der Waals surface area contributed by atoms with Crippen LogP contribution in [0.25, 0.3) is 0 Å². The first-order valence-corrected chi connectivity index (χ1v) is 8.43. The summed E-state index contributed by atoms with van der Waals surface area (Å²) in [7, 11) is 0. The molecule has 1 fully saturated rings. The van der Waals surface area contributed by atoms with Crippen LogP contribution in [0.3, 0.4) is 0 Å². The number of nitrogens with zero attached hydrogens (tertiary/aromatic N) is 5. The standard InChI is InChI=1S/C14H15FN6O.C3H6F2/c15-12-10-17-14(19-13(12)21-5-7-22-8-6-21)20-18-9-11-3-1-2-4-16-11;1-2-3(4)5/h1-4,9-10H,5-8H2,(H,17,19,20);3H,2H2,1H3/b18-9-;. The number of alkyl halides is 2. The smallest absolute Gasteiger partial charge is 0.245 e. The number of hydrogen-bond donors (Lipinski definition) is 1. The van der Waals surface area contributed by atoms with Gasteiger partial charge in [0.05, 0.1) is 31.3 Å². The van der Waals surface area contributed by atoms with Crippen LogP contribution in [0.5, 0.6) is 0 Å². The molecule has 7 nitrogen and oxygen atoms in total. The average Bonchev–Trinajstić information content (AvgIpc) is 2.71. The topological polar surface area (TPSA) is 75.5 Å². The number of halogens is 3. The summed E-state index contributed by atoms with van der Waals surface area (Å²) in [5, 5.41) is 4.00. The summed E-state index contributed by atoms with van der Waals surface area (Å²) >= 11 is 0. The van der Waals surface area contributed by atoms with Gasteiger partial charge < -0.3 is 9.64 Å². The summed E-state index contributed by atoms with van der Waals surface area (Å²) < 4.78 is 40.6. The lowest BCUT2D eigenvalue weighted by molar-refractivity contribution is 0.122. The zero-order valence-corrected chi connectivity index (χ0v) is 14.9. The zero-order chi connectivity index (χ0) is 19.5. The Bertz CT molecular complexity index is 711.